The summed E-state index contributed by atoms with van der Waals surface area (Å²) in [6, 6.07) is 5.92. The molecule has 0 fully saturated rings. The second-order valence-corrected chi connectivity index (χ2v) is 2.49. The molecule has 1 rings (SSSR count). The Balaban J connectivity index is 2.91. The van der Waals surface area contributed by atoms with Gasteiger partial charge in [0, 0.05) is 6.92 Å². The number of nitrogens with zero attached hydrogens (tertiary/aromatic N) is 1. The largest absolute Gasteiger partial charge is 0.478 e. The van der Waals surface area contributed by atoms with E-state index in [0.29, 0.717) is 5.69 Å². The highest BCUT2D eigenvalue weighted by atomic mass is 16.4. The van der Waals surface area contributed by atoms with E-state index in [-0.39, 0.29) is 11.5 Å². The molecule has 0 unspecified atom stereocenters. The van der Waals surface area contributed by atoms with E-state index in [1.165, 1.54) is 19.1 Å². The molecule has 0 heterocycles. The number of carbonyl (C=O) groups excluding carboxylic acids is 1. The summed E-state index contributed by atoms with van der Waals surface area (Å²) < 4.78 is 0. The Bertz CT molecular complexity index is 346. The number of rotatable bonds is 2. The Morgan fingerprint density at radius 2 is 2.08 bits per heavy atom. The molecule has 0 aliphatic carbocycles. The standard InChI is InChI=1S/C9H8NO3/c1-6(11)10-8-4-2-3-7(5-8)9(12)13/h2-5H,1H3,(H,12,13). The molecule has 67 valence electrons. The predicted octanol–water partition coefficient (Wildman–Crippen LogP) is 1.17. The average molecular weight is 178 g/mol. The fourth-order valence-electron chi connectivity index (χ4n) is 0.890. The molecule has 1 N–H and O–H groups in total. The zero-order chi connectivity index (χ0) is 9.84. The first-order valence-corrected chi connectivity index (χ1v) is 3.65. The van der Waals surface area contributed by atoms with Crippen molar-refractivity contribution in [2.24, 2.45) is 0 Å². The van der Waals surface area contributed by atoms with E-state index in [4.69, 9.17) is 5.11 Å². The fourth-order valence-corrected chi connectivity index (χ4v) is 0.890. The van der Waals surface area contributed by atoms with Crippen LogP contribution in [-0.2, 0) is 4.79 Å². The van der Waals surface area contributed by atoms with Crippen LogP contribution in [-0.4, -0.2) is 17.0 Å². The predicted molar refractivity (Wildman–Crippen MR) is 45.9 cm³/mol. The number of amides is 1. The summed E-state index contributed by atoms with van der Waals surface area (Å²) in [6.07, 6.45) is 0. The monoisotopic (exact) mass is 178 g/mol. The van der Waals surface area contributed by atoms with E-state index >= 15 is 0 Å². The van der Waals surface area contributed by atoms with Gasteiger partial charge in [0.15, 0.2) is 0 Å². The van der Waals surface area contributed by atoms with Gasteiger partial charge in [-0.3, -0.25) is 4.79 Å². The quantitative estimate of drug-likeness (QED) is 0.738. The first-order valence-electron chi connectivity index (χ1n) is 3.65. The Labute approximate surface area is 75.2 Å². The van der Waals surface area contributed by atoms with Crippen molar-refractivity contribution in [3.63, 3.8) is 0 Å². The molecule has 0 aliphatic rings. The summed E-state index contributed by atoms with van der Waals surface area (Å²) in [6.45, 7) is 1.31. The van der Waals surface area contributed by atoms with Gasteiger partial charge in [-0.15, -0.1) is 0 Å². The SMILES string of the molecule is CC(=O)[N]c1cccc(C(=O)O)c1. The van der Waals surface area contributed by atoms with E-state index in [1.807, 2.05) is 0 Å². The lowest BCUT2D eigenvalue weighted by atomic mass is 10.2. The zero-order valence-corrected chi connectivity index (χ0v) is 7.02. The number of hydrogen-bond donors (Lipinski definition) is 1. The maximum Gasteiger partial charge on any atom is 0.335 e. The molecule has 0 saturated heterocycles. The highest BCUT2D eigenvalue weighted by Gasteiger charge is 2.04. The first-order chi connectivity index (χ1) is 6.09. The Morgan fingerprint density at radius 3 is 2.62 bits per heavy atom. The third-order valence-corrected chi connectivity index (χ3v) is 1.38. The van der Waals surface area contributed by atoms with Crippen molar-refractivity contribution in [1.82, 2.24) is 5.32 Å². The molecule has 4 heteroatoms. The van der Waals surface area contributed by atoms with Crippen LogP contribution in [0.4, 0.5) is 5.69 Å². The molecular weight excluding hydrogens is 170 g/mol. The molecular formula is C9H8NO3. The number of benzene rings is 1. The second kappa shape index (κ2) is 3.71. The van der Waals surface area contributed by atoms with Crippen LogP contribution in [0.25, 0.3) is 0 Å². The van der Waals surface area contributed by atoms with Crippen LogP contribution in [0.15, 0.2) is 24.3 Å². The minimum atomic E-state index is -1.03. The van der Waals surface area contributed by atoms with Gasteiger partial charge in [-0.2, -0.15) is 0 Å². The third kappa shape index (κ3) is 2.59. The van der Waals surface area contributed by atoms with Gasteiger partial charge in [0.2, 0.25) is 5.91 Å². The maximum atomic E-state index is 10.6. The van der Waals surface area contributed by atoms with Gasteiger partial charge in [-0.1, -0.05) is 6.07 Å². The lowest BCUT2D eigenvalue weighted by Gasteiger charge is -1.98. The molecule has 13 heavy (non-hydrogen) atoms. The van der Waals surface area contributed by atoms with Crippen molar-refractivity contribution in [1.29, 1.82) is 0 Å². The lowest BCUT2D eigenvalue weighted by Crippen LogP contribution is -2.05. The zero-order valence-electron chi connectivity index (χ0n) is 7.02. The van der Waals surface area contributed by atoms with Gasteiger partial charge in [0.05, 0.1) is 11.3 Å². The van der Waals surface area contributed by atoms with Crippen molar-refractivity contribution in [3.05, 3.63) is 29.8 Å². The van der Waals surface area contributed by atoms with Crippen LogP contribution in [0.5, 0.6) is 0 Å². The first kappa shape index (κ1) is 9.25. The molecule has 0 atom stereocenters. The van der Waals surface area contributed by atoms with Gasteiger partial charge in [0.25, 0.3) is 0 Å². The number of carboxylic acid groups (broad SMARTS) is 1. The van der Waals surface area contributed by atoms with Crippen molar-refractivity contribution in [2.75, 3.05) is 0 Å². The molecule has 4 nitrogen and oxygen atoms in total. The average Bonchev–Trinajstić information content (AvgIpc) is 2.03. The third-order valence-electron chi connectivity index (χ3n) is 1.38. The number of carbonyl (C=O) groups is 2. The molecule has 0 bridgehead atoms. The molecule has 0 spiro atoms. The van der Waals surface area contributed by atoms with Crippen LogP contribution in [0.3, 0.4) is 0 Å². The van der Waals surface area contributed by atoms with E-state index in [2.05, 4.69) is 5.32 Å². The van der Waals surface area contributed by atoms with E-state index in [9.17, 15) is 9.59 Å². The van der Waals surface area contributed by atoms with Gasteiger partial charge in [-0.25, -0.2) is 10.1 Å². The lowest BCUT2D eigenvalue weighted by molar-refractivity contribution is -0.118. The summed E-state index contributed by atoms with van der Waals surface area (Å²) >= 11 is 0. The number of hydrogen-bond acceptors (Lipinski definition) is 2. The molecule has 1 aromatic rings. The van der Waals surface area contributed by atoms with Gasteiger partial charge >= 0.3 is 5.97 Å². The Kier molecular flexibility index (Phi) is 2.64. The Morgan fingerprint density at radius 1 is 1.38 bits per heavy atom. The normalized spacial score (nSPS) is 9.31. The molecule has 0 aliphatic heterocycles. The molecule has 0 aromatic heterocycles. The smallest absolute Gasteiger partial charge is 0.335 e. The van der Waals surface area contributed by atoms with E-state index < -0.39 is 5.97 Å². The molecule has 1 radical (unpaired) electrons. The Hall–Kier alpha value is -1.84. The summed E-state index contributed by atoms with van der Waals surface area (Å²) in [5.41, 5.74) is 0.495. The summed E-state index contributed by atoms with van der Waals surface area (Å²) in [5, 5.41) is 12.2. The maximum absolute atomic E-state index is 10.6. The number of carboxylic acids is 1. The highest BCUT2D eigenvalue weighted by molar-refractivity contribution is 5.89. The topological polar surface area (TPSA) is 68.5 Å². The van der Waals surface area contributed by atoms with Gasteiger partial charge < -0.3 is 5.11 Å². The molecule has 1 aromatic carbocycles. The minimum absolute atomic E-state index is 0.127. The van der Waals surface area contributed by atoms with Crippen LogP contribution in [0.1, 0.15) is 17.3 Å². The summed E-state index contributed by atoms with van der Waals surface area (Å²) in [7, 11) is 0. The van der Waals surface area contributed by atoms with Crippen molar-refractivity contribution < 1.29 is 14.7 Å². The highest BCUT2D eigenvalue weighted by Crippen LogP contribution is 2.10. The van der Waals surface area contributed by atoms with Crippen LogP contribution >= 0.6 is 0 Å². The summed E-state index contributed by atoms with van der Waals surface area (Å²) in [4.78, 5) is 21.1. The molecule has 0 saturated carbocycles. The van der Waals surface area contributed by atoms with Crippen LogP contribution in [0.2, 0.25) is 0 Å². The van der Waals surface area contributed by atoms with Gasteiger partial charge in [0.1, 0.15) is 0 Å². The van der Waals surface area contributed by atoms with Crippen LogP contribution in [0, 0.1) is 0 Å². The fraction of sp³-hybridized carbons (Fsp3) is 0.111. The number of aromatic carboxylic acids is 1. The summed E-state index contributed by atoms with van der Waals surface area (Å²) in [5.74, 6) is -1.37. The van der Waals surface area contributed by atoms with Crippen LogP contribution < -0.4 is 5.32 Å². The minimum Gasteiger partial charge on any atom is -0.478 e. The van der Waals surface area contributed by atoms with E-state index in [1.54, 1.807) is 12.1 Å². The van der Waals surface area contributed by atoms with Crippen molar-refractivity contribution >= 4 is 17.6 Å². The second-order valence-electron chi connectivity index (χ2n) is 2.49. The van der Waals surface area contributed by atoms with Crippen molar-refractivity contribution in [3.8, 4) is 0 Å². The van der Waals surface area contributed by atoms with E-state index in [0.717, 1.165) is 0 Å². The molecule has 1 amide bonds. The van der Waals surface area contributed by atoms with Crippen molar-refractivity contribution in [2.45, 2.75) is 6.92 Å². The van der Waals surface area contributed by atoms with Gasteiger partial charge in [-0.05, 0) is 18.2 Å².